The third-order valence-electron chi connectivity index (χ3n) is 2.05. The molecule has 18 heavy (non-hydrogen) atoms. The van der Waals surface area contributed by atoms with E-state index in [0.717, 1.165) is 0 Å². The number of hydrogen-bond donors (Lipinski definition) is 2. The van der Waals surface area contributed by atoms with Crippen LogP contribution in [0, 0.1) is 0 Å². The second-order valence-corrected chi connectivity index (χ2v) is 6.48. The van der Waals surface area contributed by atoms with E-state index < -0.39 is 22.0 Å². The Balaban J connectivity index is 2.93. The van der Waals surface area contributed by atoms with Crippen LogP contribution in [0.5, 0.6) is 0 Å². The van der Waals surface area contributed by atoms with Crippen molar-refractivity contribution in [3.05, 3.63) is 29.3 Å². The third-order valence-corrected chi connectivity index (χ3v) is 4.46. The lowest BCUT2D eigenvalue weighted by molar-refractivity contribution is -0.138. The van der Waals surface area contributed by atoms with Crippen LogP contribution in [-0.2, 0) is 14.8 Å². The molecule has 1 atom stereocenters. The first-order chi connectivity index (χ1) is 8.36. The molecule has 5 nitrogen and oxygen atoms in total. The molecule has 100 valence electrons. The molecule has 0 unspecified atom stereocenters. The van der Waals surface area contributed by atoms with E-state index in [0.29, 0.717) is 5.02 Å². The molecule has 0 fully saturated rings. The van der Waals surface area contributed by atoms with E-state index in [1.54, 1.807) is 6.26 Å². The Morgan fingerprint density at radius 3 is 2.44 bits per heavy atom. The van der Waals surface area contributed by atoms with Gasteiger partial charge in [0.1, 0.15) is 6.04 Å². The fourth-order valence-corrected chi connectivity index (χ4v) is 3.17. The number of sulfonamides is 1. The summed E-state index contributed by atoms with van der Waals surface area (Å²) >= 11 is 6.90. The van der Waals surface area contributed by atoms with Crippen molar-refractivity contribution in [1.29, 1.82) is 0 Å². The first-order valence-electron chi connectivity index (χ1n) is 4.86. The zero-order valence-corrected chi connectivity index (χ0v) is 11.8. The van der Waals surface area contributed by atoms with Gasteiger partial charge in [-0.05, 0) is 30.5 Å². The molecule has 0 heterocycles. The largest absolute Gasteiger partial charge is 0.480 e. The first-order valence-corrected chi connectivity index (χ1v) is 8.12. The SMILES string of the molecule is CSC[C@H](NS(=O)(=O)c1ccc(Cl)cc1)C(=O)O. The van der Waals surface area contributed by atoms with E-state index in [4.69, 9.17) is 16.7 Å². The quantitative estimate of drug-likeness (QED) is 0.830. The predicted octanol–water partition coefficient (Wildman–Crippen LogP) is 1.43. The van der Waals surface area contributed by atoms with Crippen LogP contribution in [0.15, 0.2) is 29.2 Å². The van der Waals surface area contributed by atoms with Gasteiger partial charge in [-0.1, -0.05) is 11.6 Å². The molecule has 0 aliphatic heterocycles. The Bertz CT molecular complexity index is 515. The minimum Gasteiger partial charge on any atom is -0.480 e. The summed E-state index contributed by atoms with van der Waals surface area (Å²) in [4.78, 5) is 10.9. The van der Waals surface area contributed by atoms with Crippen molar-refractivity contribution in [2.75, 3.05) is 12.0 Å². The van der Waals surface area contributed by atoms with Crippen molar-refractivity contribution in [3.63, 3.8) is 0 Å². The molecule has 8 heteroatoms. The van der Waals surface area contributed by atoms with E-state index in [1.165, 1.54) is 36.0 Å². The summed E-state index contributed by atoms with van der Waals surface area (Å²) in [7, 11) is -3.85. The van der Waals surface area contributed by atoms with Crippen molar-refractivity contribution in [2.24, 2.45) is 0 Å². The summed E-state index contributed by atoms with van der Waals surface area (Å²) in [6, 6.07) is 4.35. The molecular formula is C10H12ClNO4S2. The average molecular weight is 310 g/mol. The molecular weight excluding hydrogens is 298 g/mol. The van der Waals surface area contributed by atoms with Gasteiger partial charge in [0.15, 0.2) is 0 Å². The lowest BCUT2D eigenvalue weighted by Crippen LogP contribution is -2.42. The van der Waals surface area contributed by atoms with E-state index in [1.807, 2.05) is 0 Å². The fourth-order valence-electron chi connectivity index (χ4n) is 1.19. The smallest absolute Gasteiger partial charge is 0.322 e. The van der Waals surface area contributed by atoms with Crippen molar-refractivity contribution in [3.8, 4) is 0 Å². The Hall–Kier alpha value is -0.760. The third kappa shape index (κ3) is 4.16. The van der Waals surface area contributed by atoms with Crippen LogP contribution >= 0.6 is 23.4 Å². The predicted molar refractivity (Wildman–Crippen MR) is 71.6 cm³/mol. The van der Waals surface area contributed by atoms with Gasteiger partial charge >= 0.3 is 5.97 Å². The first kappa shape index (κ1) is 15.3. The van der Waals surface area contributed by atoms with E-state index in [-0.39, 0.29) is 10.6 Å². The standard InChI is InChI=1S/C10H12ClNO4S2/c1-17-6-9(10(13)14)12-18(15,16)8-4-2-7(11)3-5-8/h2-5,9,12H,6H2,1H3,(H,13,14)/t9-/m0/s1. The summed E-state index contributed by atoms with van der Waals surface area (Å²) < 4.78 is 26.0. The van der Waals surface area contributed by atoms with Gasteiger partial charge in [-0.2, -0.15) is 16.5 Å². The molecule has 0 radical (unpaired) electrons. The number of hydrogen-bond acceptors (Lipinski definition) is 4. The molecule has 0 aliphatic carbocycles. The maximum atomic E-state index is 11.9. The van der Waals surface area contributed by atoms with E-state index in [9.17, 15) is 13.2 Å². The number of nitrogens with one attached hydrogen (secondary N) is 1. The molecule has 1 aromatic rings. The molecule has 0 aromatic heterocycles. The molecule has 0 saturated heterocycles. The molecule has 0 amide bonds. The number of rotatable bonds is 6. The van der Waals surface area contributed by atoms with Crippen LogP contribution in [0.2, 0.25) is 5.02 Å². The zero-order valence-electron chi connectivity index (χ0n) is 9.46. The molecule has 2 N–H and O–H groups in total. The number of benzene rings is 1. The molecule has 0 bridgehead atoms. The second kappa shape index (κ2) is 6.42. The second-order valence-electron chi connectivity index (χ2n) is 3.42. The summed E-state index contributed by atoms with van der Waals surface area (Å²) in [6.45, 7) is 0. The van der Waals surface area contributed by atoms with Gasteiger partial charge in [0.2, 0.25) is 10.0 Å². The number of aliphatic carboxylic acids is 1. The maximum absolute atomic E-state index is 11.9. The number of thioether (sulfide) groups is 1. The minimum atomic E-state index is -3.85. The van der Waals surface area contributed by atoms with Gasteiger partial charge in [0.05, 0.1) is 4.90 Å². The topological polar surface area (TPSA) is 83.5 Å². The van der Waals surface area contributed by atoms with Crippen molar-refractivity contribution >= 4 is 39.4 Å². The molecule has 1 rings (SSSR count). The number of carboxylic acid groups (broad SMARTS) is 1. The van der Waals surface area contributed by atoms with Crippen LogP contribution in [-0.4, -0.2) is 37.5 Å². The van der Waals surface area contributed by atoms with Crippen LogP contribution in [0.25, 0.3) is 0 Å². The monoisotopic (exact) mass is 309 g/mol. The Kier molecular flexibility index (Phi) is 5.46. The number of halogens is 1. The highest BCUT2D eigenvalue weighted by Crippen LogP contribution is 2.14. The summed E-state index contributed by atoms with van der Waals surface area (Å²) in [5.41, 5.74) is 0. The Labute approximate surface area is 115 Å². The lowest BCUT2D eigenvalue weighted by Gasteiger charge is -2.13. The number of carbonyl (C=O) groups is 1. The highest BCUT2D eigenvalue weighted by molar-refractivity contribution is 7.98. The minimum absolute atomic E-state index is 0.0146. The maximum Gasteiger partial charge on any atom is 0.322 e. The van der Waals surface area contributed by atoms with Crippen LogP contribution < -0.4 is 4.72 Å². The molecule has 0 spiro atoms. The highest BCUT2D eigenvalue weighted by Gasteiger charge is 2.24. The van der Waals surface area contributed by atoms with E-state index in [2.05, 4.69) is 4.72 Å². The summed E-state index contributed by atoms with van der Waals surface area (Å²) in [5.74, 6) is -1.05. The lowest BCUT2D eigenvalue weighted by atomic mass is 10.4. The van der Waals surface area contributed by atoms with Crippen LogP contribution in [0.1, 0.15) is 0 Å². The normalized spacial score (nSPS) is 13.2. The molecule has 0 aliphatic rings. The van der Waals surface area contributed by atoms with Gasteiger partial charge in [-0.25, -0.2) is 8.42 Å². The van der Waals surface area contributed by atoms with Gasteiger partial charge in [0.25, 0.3) is 0 Å². The van der Waals surface area contributed by atoms with Crippen molar-refractivity contribution in [1.82, 2.24) is 4.72 Å². The van der Waals surface area contributed by atoms with Gasteiger partial charge in [0, 0.05) is 10.8 Å². The van der Waals surface area contributed by atoms with Gasteiger partial charge in [-0.15, -0.1) is 0 Å². The number of carboxylic acids is 1. The average Bonchev–Trinajstić information content (AvgIpc) is 2.28. The zero-order chi connectivity index (χ0) is 13.8. The molecule has 1 aromatic carbocycles. The fraction of sp³-hybridized carbons (Fsp3) is 0.300. The van der Waals surface area contributed by atoms with E-state index >= 15 is 0 Å². The van der Waals surface area contributed by atoms with Crippen molar-refractivity contribution in [2.45, 2.75) is 10.9 Å². The Morgan fingerprint density at radius 1 is 1.44 bits per heavy atom. The van der Waals surface area contributed by atoms with Crippen LogP contribution in [0.3, 0.4) is 0 Å². The Morgan fingerprint density at radius 2 is 2.00 bits per heavy atom. The summed E-state index contributed by atoms with van der Waals surface area (Å²) in [6.07, 6.45) is 1.70. The van der Waals surface area contributed by atoms with Gasteiger partial charge < -0.3 is 5.11 Å². The highest BCUT2D eigenvalue weighted by atomic mass is 35.5. The van der Waals surface area contributed by atoms with Crippen LogP contribution in [0.4, 0.5) is 0 Å². The molecule has 0 saturated carbocycles. The summed E-state index contributed by atoms with van der Waals surface area (Å²) in [5, 5.41) is 9.31. The van der Waals surface area contributed by atoms with Gasteiger partial charge in [-0.3, -0.25) is 4.79 Å². The van der Waals surface area contributed by atoms with Crippen molar-refractivity contribution < 1.29 is 18.3 Å².